The minimum atomic E-state index is -0.409. The predicted molar refractivity (Wildman–Crippen MR) is 416 cm³/mol. The fourth-order valence-electron chi connectivity index (χ4n) is 14.1. The van der Waals surface area contributed by atoms with Crippen LogP contribution in [0.5, 0.6) is 0 Å². The summed E-state index contributed by atoms with van der Waals surface area (Å²) >= 11 is 0. The Kier molecular flexibility index (Phi) is 31.0. The number of ether oxygens (including phenoxy) is 5. The number of aryl methyl sites for hydroxylation is 3. The van der Waals surface area contributed by atoms with Crippen molar-refractivity contribution >= 4 is 29.8 Å². The van der Waals surface area contributed by atoms with Gasteiger partial charge in [-0.2, -0.15) is 0 Å². The zero-order chi connectivity index (χ0) is 75.1. The van der Waals surface area contributed by atoms with Crippen molar-refractivity contribution in [3.8, 4) is 0 Å². The highest BCUT2D eigenvalue weighted by molar-refractivity contribution is 5.78. The third-order valence-corrected chi connectivity index (χ3v) is 24.1. The number of carbonyl (C=O) groups is 5. The van der Waals surface area contributed by atoms with Crippen LogP contribution in [-0.4, -0.2) is 29.8 Å². The predicted octanol–water partition coefficient (Wildman–Crippen LogP) is 24.5. The van der Waals surface area contributed by atoms with E-state index in [9.17, 15) is 24.0 Å². The number of carbonyl (C=O) groups excluding carboxylic acids is 5. The highest BCUT2D eigenvalue weighted by Crippen LogP contribution is 2.48. The normalized spacial score (nSPS) is 18.2. The van der Waals surface area contributed by atoms with Gasteiger partial charge in [-0.25, -0.2) is 0 Å². The Morgan fingerprint density at radius 1 is 0.265 bits per heavy atom. The van der Waals surface area contributed by atoms with Gasteiger partial charge in [0, 0.05) is 0 Å². The van der Waals surface area contributed by atoms with Crippen LogP contribution in [-0.2, 0) is 82.1 Å². The minimum Gasteiger partial charge on any atom is -0.454 e. The van der Waals surface area contributed by atoms with Gasteiger partial charge in [-0.3, -0.25) is 24.0 Å². The number of hydrogen-bond donors (Lipinski definition) is 0. The lowest BCUT2D eigenvalue weighted by atomic mass is 9.78. The topological polar surface area (TPSA) is 132 Å². The smallest absolute Gasteiger partial charge is 0.312 e. The molecule has 0 aliphatic heterocycles. The van der Waals surface area contributed by atoms with Gasteiger partial charge in [-0.15, -0.1) is 0 Å². The van der Waals surface area contributed by atoms with Crippen LogP contribution in [0.25, 0.3) is 0 Å². The third kappa shape index (κ3) is 22.3. The Hall–Kier alpha value is -6.55. The molecule has 0 heterocycles. The first-order valence-corrected chi connectivity index (χ1v) is 39.7. The van der Waals surface area contributed by atoms with Crippen LogP contribution in [0.2, 0.25) is 0 Å². The maximum atomic E-state index is 12.6. The first kappa shape index (κ1) is 84.4. The SMILES string of the molecule is CCC(C)(C)C(=O)OC1(c2ccc(C)cc2)CCCC1.CCC(C)(C)C(=O)OC1(c2ccc(C)cc2)CCCCC1.CCC(C)(C)C(=O)OC1(c2ccccc2)CCCC1.CCC(C)(C)C(=O)OC1(c2ccccc2)CCCCC1.CCc1ccc(C2(OC(=O)C(C)(C)CC)CCCCC2)cc1. The molecule has 0 aromatic heterocycles. The Bertz CT molecular complexity index is 3360. The van der Waals surface area contributed by atoms with E-state index in [2.05, 4.69) is 118 Å². The van der Waals surface area contributed by atoms with Crippen LogP contribution in [0.4, 0.5) is 0 Å². The molecule has 5 aromatic carbocycles. The van der Waals surface area contributed by atoms with Crippen LogP contribution in [0, 0.1) is 40.9 Å². The maximum Gasteiger partial charge on any atom is 0.312 e. The van der Waals surface area contributed by atoms with Gasteiger partial charge >= 0.3 is 29.8 Å². The van der Waals surface area contributed by atoms with Crippen molar-refractivity contribution in [3.05, 3.63) is 178 Å². The van der Waals surface area contributed by atoms with Crippen LogP contribution in [0.1, 0.15) is 335 Å². The second-order valence-electron chi connectivity index (χ2n) is 33.7. The maximum absolute atomic E-state index is 12.6. The molecule has 0 bridgehead atoms. The van der Waals surface area contributed by atoms with E-state index in [4.69, 9.17) is 23.7 Å². The number of hydrogen-bond acceptors (Lipinski definition) is 10. The molecule has 0 amide bonds. The molecule has 5 aromatic rings. The zero-order valence-electron chi connectivity index (χ0n) is 66.8. The number of rotatable bonds is 21. The van der Waals surface area contributed by atoms with Crippen molar-refractivity contribution in [2.45, 2.75) is 339 Å². The van der Waals surface area contributed by atoms with Crippen LogP contribution in [0.3, 0.4) is 0 Å². The minimum absolute atomic E-state index is 0.0588. The van der Waals surface area contributed by atoms with Crippen molar-refractivity contribution < 1.29 is 47.7 Å². The second kappa shape index (κ2) is 37.4. The van der Waals surface area contributed by atoms with E-state index in [-0.39, 0.29) is 35.4 Å². The molecule has 5 saturated carbocycles. The molecular weight excluding hydrogens is 1270 g/mol. The lowest BCUT2D eigenvalue weighted by Crippen LogP contribution is -2.39. The molecule has 0 atom stereocenters. The molecule has 0 radical (unpaired) electrons. The molecule has 5 aliphatic carbocycles. The molecule has 10 nitrogen and oxygen atoms in total. The average Bonchev–Trinajstić information content (AvgIpc) is 1.78. The van der Waals surface area contributed by atoms with Crippen LogP contribution in [0.15, 0.2) is 133 Å². The van der Waals surface area contributed by atoms with E-state index < -0.39 is 49.5 Å². The summed E-state index contributed by atoms with van der Waals surface area (Å²) in [7, 11) is 0. The van der Waals surface area contributed by atoms with Crippen molar-refractivity contribution in [1.82, 2.24) is 0 Å². The molecule has 0 saturated heterocycles. The molecule has 5 aliphatic rings. The summed E-state index contributed by atoms with van der Waals surface area (Å²) in [6.45, 7) is 36.2. The van der Waals surface area contributed by atoms with Crippen molar-refractivity contribution in [2.24, 2.45) is 27.1 Å². The van der Waals surface area contributed by atoms with E-state index >= 15 is 0 Å². The monoisotopic (exact) mass is 1400 g/mol. The quantitative estimate of drug-likeness (QED) is 0.0517. The van der Waals surface area contributed by atoms with Crippen LogP contribution >= 0.6 is 0 Å². The number of esters is 5. The van der Waals surface area contributed by atoms with Gasteiger partial charge in [0.15, 0.2) is 0 Å². The van der Waals surface area contributed by atoms with E-state index in [1.165, 1.54) is 41.5 Å². The second-order valence-corrected chi connectivity index (χ2v) is 33.7. The summed E-state index contributed by atoms with van der Waals surface area (Å²) in [6, 6.07) is 46.1. The van der Waals surface area contributed by atoms with Gasteiger partial charge in [0.1, 0.15) is 28.0 Å². The molecule has 0 N–H and O–H groups in total. The lowest BCUT2D eigenvalue weighted by molar-refractivity contribution is -0.177. The fourth-order valence-corrected chi connectivity index (χ4v) is 14.1. The Balaban J connectivity index is 0.000000201. The summed E-state index contributed by atoms with van der Waals surface area (Å²) in [5, 5.41) is 0. The van der Waals surface area contributed by atoms with Crippen molar-refractivity contribution in [3.63, 3.8) is 0 Å². The molecule has 10 heteroatoms. The molecule has 5 fully saturated rings. The van der Waals surface area contributed by atoms with Gasteiger partial charge in [0.2, 0.25) is 0 Å². The lowest BCUT2D eigenvalue weighted by Gasteiger charge is -2.39. The summed E-state index contributed by atoms with van der Waals surface area (Å²) < 4.78 is 30.4. The Morgan fingerprint density at radius 3 is 0.627 bits per heavy atom. The van der Waals surface area contributed by atoms with Crippen molar-refractivity contribution in [2.75, 3.05) is 0 Å². The molecule has 562 valence electrons. The number of benzene rings is 5. The van der Waals surface area contributed by atoms with Crippen LogP contribution < -0.4 is 0 Å². The Morgan fingerprint density at radius 2 is 0.441 bits per heavy atom. The van der Waals surface area contributed by atoms with Gasteiger partial charge in [0.25, 0.3) is 0 Å². The fraction of sp³-hybridized carbons (Fsp3) is 0.620. The first-order chi connectivity index (χ1) is 48.2. The first-order valence-electron chi connectivity index (χ1n) is 39.7. The molecule has 102 heavy (non-hydrogen) atoms. The molecule has 0 unspecified atom stereocenters. The largest absolute Gasteiger partial charge is 0.454 e. The van der Waals surface area contributed by atoms with Crippen molar-refractivity contribution in [1.29, 1.82) is 0 Å². The van der Waals surface area contributed by atoms with Gasteiger partial charge in [0.05, 0.1) is 27.1 Å². The van der Waals surface area contributed by atoms with E-state index in [1.54, 1.807) is 0 Å². The summed E-state index contributed by atoms with van der Waals surface area (Å²) in [4.78, 5) is 62.6. The zero-order valence-corrected chi connectivity index (χ0v) is 66.8. The molecule has 10 rings (SSSR count). The molecule has 0 spiro atoms. The standard InChI is InChI=1S/C20H30O2.C19H28O2.2C18H26O2.C17H24O2/c1-5-16-10-12-17(13-11-16)20(14-8-7-9-15-20)22-18(21)19(3,4)6-2;1-5-18(3,4)17(20)21-19(13-7-6-8-14-19)16-11-9-15(2)10-12-16;1-5-17(3,4)16(19)20-18(12-6-7-13-18)15-10-8-14(2)9-11-15;1-4-17(2,3)16(19)20-18(13-9-6-10-14-18)15-11-7-5-8-12-15;1-4-16(2,3)15(18)19-17(12-8-9-13-17)14-10-6-5-7-11-14/h10-13H,5-9,14-15H2,1-4H3;9-12H,5-8,13-14H2,1-4H3;8-11H,5-7,12-13H2,1-4H3;5,7-8,11-12H,4,6,9-10,13-14H2,1-3H3;5-7,10-11H,4,8-9,12-13H2,1-3H3. The summed E-state index contributed by atoms with van der Waals surface area (Å²) in [5.74, 6) is -0.321. The van der Waals surface area contributed by atoms with E-state index in [0.29, 0.717) is 0 Å². The summed E-state index contributed by atoms with van der Waals surface area (Å²) in [5.41, 5.74) is 5.58. The highest BCUT2D eigenvalue weighted by Gasteiger charge is 2.47. The van der Waals surface area contributed by atoms with Gasteiger partial charge in [-0.05, 0) is 283 Å². The van der Waals surface area contributed by atoms with Gasteiger partial charge < -0.3 is 23.7 Å². The van der Waals surface area contributed by atoms with E-state index in [0.717, 1.165) is 189 Å². The van der Waals surface area contributed by atoms with Gasteiger partial charge in [-0.1, -0.05) is 205 Å². The van der Waals surface area contributed by atoms with E-state index in [1.807, 2.05) is 140 Å². The average molecular weight is 1400 g/mol. The Labute approximate surface area is 618 Å². The highest BCUT2D eigenvalue weighted by atomic mass is 16.6. The third-order valence-electron chi connectivity index (χ3n) is 24.1. The summed E-state index contributed by atoms with van der Waals surface area (Å²) in [6.07, 6.45) is 29.6. The molecular formula is C92H134O10.